The molecule has 0 fully saturated rings. The summed E-state index contributed by atoms with van der Waals surface area (Å²) in [6.45, 7) is 2.85. The first kappa shape index (κ1) is 18.2. The van der Waals surface area contributed by atoms with Crippen LogP contribution in [0.25, 0.3) is 0 Å². The fourth-order valence-corrected chi connectivity index (χ4v) is 2.04. The first-order chi connectivity index (χ1) is 8.67. The minimum absolute atomic E-state index is 0. The maximum Gasteiger partial charge on any atom is 0.269 e. The smallest absolute Gasteiger partial charge is 0.269 e. The van der Waals surface area contributed by atoms with Crippen LogP contribution in [0, 0.1) is 10.1 Å². The highest BCUT2D eigenvalue weighted by Gasteiger charge is 2.03. The van der Waals surface area contributed by atoms with Gasteiger partial charge in [-0.15, -0.1) is 24.0 Å². The molecule has 0 bridgehead atoms. The molecule has 0 unspecified atom stereocenters. The van der Waals surface area contributed by atoms with Crippen LogP contribution >= 0.6 is 35.7 Å². The van der Waals surface area contributed by atoms with Crippen LogP contribution in [0.3, 0.4) is 0 Å². The summed E-state index contributed by atoms with van der Waals surface area (Å²) in [6.07, 6.45) is 0.821. The van der Waals surface area contributed by atoms with Crippen LogP contribution in [0.2, 0.25) is 0 Å². The summed E-state index contributed by atoms with van der Waals surface area (Å²) >= 11 is 1.67. The Balaban J connectivity index is 0.00000324. The van der Waals surface area contributed by atoms with Gasteiger partial charge in [0.2, 0.25) is 0 Å². The maximum absolute atomic E-state index is 10.5. The molecule has 0 amide bonds. The molecule has 0 atom stereocenters. The maximum atomic E-state index is 10.5. The number of rotatable bonds is 5. The second-order valence-electron chi connectivity index (χ2n) is 3.56. The quantitative estimate of drug-likeness (QED) is 0.274. The molecule has 0 aliphatic heterocycles. The molecule has 0 spiro atoms. The summed E-state index contributed by atoms with van der Waals surface area (Å²) in [4.78, 5) is 14.2. The van der Waals surface area contributed by atoms with E-state index in [9.17, 15) is 10.1 Å². The molecule has 5 nitrogen and oxygen atoms in total. The minimum Gasteiger partial charge on any atom is -0.365 e. The van der Waals surface area contributed by atoms with Crippen molar-refractivity contribution in [2.75, 3.05) is 19.3 Å². The molecule has 0 radical (unpaired) electrons. The third kappa shape index (κ3) is 6.76. The molecule has 1 N–H and O–H groups in total. The summed E-state index contributed by atoms with van der Waals surface area (Å²) in [6, 6.07) is 6.64. The average Bonchev–Trinajstić information content (AvgIpc) is 2.38. The number of amidine groups is 1. The van der Waals surface area contributed by atoms with Crippen LogP contribution in [-0.4, -0.2) is 29.4 Å². The first-order valence-corrected chi connectivity index (χ1v) is 6.72. The zero-order valence-electron chi connectivity index (χ0n) is 11.0. The highest BCUT2D eigenvalue weighted by atomic mass is 127. The Morgan fingerprint density at radius 3 is 2.53 bits per heavy atom. The summed E-state index contributed by atoms with van der Waals surface area (Å²) in [5, 5.41) is 14.7. The van der Waals surface area contributed by atoms with Crippen LogP contribution < -0.4 is 5.32 Å². The third-order valence-corrected chi connectivity index (χ3v) is 3.21. The second kappa shape index (κ2) is 10.0. The fraction of sp³-hybridized carbons (Fsp3) is 0.417. The number of hydrogen-bond acceptors (Lipinski definition) is 4. The lowest BCUT2D eigenvalue weighted by Crippen LogP contribution is -2.23. The number of non-ortho nitro benzene ring substituents is 1. The van der Waals surface area contributed by atoms with Gasteiger partial charge in [0.15, 0.2) is 5.17 Å². The van der Waals surface area contributed by atoms with Gasteiger partial charge < -0.3 is 5.32 Å². The monoisotopic (exact) mass is 395 g/mol. The molecular formula is C12H18IN3O2S. The van der Waals surface area contributed by atoms with Crippen molar-refractivity contribution in [3.8, 4) is 0 Å². The third-order valence-electron chi connectivity index (χ3n) is 2.32. The topological polar surface area (TPSA) is 67.5 Å². The lowest BCUT2D eigenvalue weighted by atomic mass is 10.1. The van der Waals surface area contributed by atoms with Crippen LogP contribution in [0.5, 0.6) is 0 Å². The SMILES string of the molecule is CCSC(=NC)NCCc1ccc([N+](=O)[O-])cc1.I. The van der Waals surface area contributed by atoms with E-state index in [-0.39, 0.29) is 34.6 Å². The summed E-state index contributed by atoms with van der Waals surface area (Å²) in [5.41, 5.74) is 1.20. The standard InChI is InChI=1S/C12H17N3O2S.HI/c1-3-18-12(13-2)14-9-8-10-4-6-11(7-5-10)15(16)17;/h4-7H,3,8-9H2,1-2H3,(H,13,14);1H. The van der Waals surface area contributed by atoms with Gasteiger partial charge in [0.05, 0.1) is 4.92 Å². The van der Waals surface area contributed by atoms with Crippen LogP contribution in [0.1, 0.15) is 12.5 Å². The van der Waals surface area contributed by atoms with E-state index in [0.717, 1.165) is 29.4 Å². The molecule has 0 saturated heterocycles. The Kier molecular flexibility index (Phi) is 9.58. The van der Waals surface area contributed by atoms with Crippen LogP contribution in [-0.2, 0) is 6.42 Å². The van der Waals surface area contributed by atoms with Crippen LogP contribution in [0.4, 0.5) is 5.69 Å². The van der Waals surface area contributed by atoms with Gasteiger partial charge in [0.25, 0.3) is 5.69 Å². The van der Waals surface area contributed by atoms with Gasteiger partial charge in [-0.2, -0.15) is 0 Å². The number of nitrogens with one attached hydrogen (secondary N) is 1. The van der Waals surface area contributed by atoms with Crippen LogP contribution in [0.15, 0.2) is 29.3 Å². The van der Waals surface area contributed by atoms with Crippen molar-refractivity contribution in [1.82, 2.24) is 5.32 Å². The van der Waals surface area contributed by atoms with Gasteiger partial charge in [0, 0.05) is 25.7 Å². The predicted molar refractivity (Wildman–Crippen MR) is 91.7 cm³/mol. The van der Waals surface area contributed by atoms with Crippen molar-refractivity contribution in [1.29, 1.82) is 0 Å². The normalized spacial score (nSPS) is 10.7. The Bertz CT molecular complexity index is 423. The number of nitrogens with zero attached hydrogens (tertiary/aromatic N) is 2. The van der Waals surface area contributed by atoms with Crippen molar-refractivity contribution >= 4 is 46.6 Å². The predicted octanol–water partition coefficient (Wildman–Crippen LogP) is 3.08. The molecule has 0 aromatic heterocycles. The molecule has 0 aliphatic carbocycles. The average molecular weight is 395 g/mol. The highest BCUT2D eigenvalue weighted by molar-refractivity contribution is 14.0. The van der Waals surface area contributed by atoms with Crippen molar-refractivity contribution in [2.24, 2.45) is 4.99 Å². The molecule has 19 heavy (non-hydrogen) atoms. The number of thioether (sulfide) groups is 1. The number of aliphatic imine (C=N–C) groups is 1. The van der Waals surface area contributed by atoms with Crippen molar-refractivity contribution in [2.45, 2.75) is 13.3 Å². The number of nitro groups is 1. The van der Waals surface area contributed by atoms with Crippen molar-refractivity contribution in [3.05, 3.63) is 39.9 Å². The van der Waals surface area contributed by atoms with E-state index in [1.165, 1.54) is 12.1 Å². The first-order valence-electron chi connectivity index (χ1n) is 5.74. The Labute approximate surface area is 134 Å². The van der Waals surface area contributed by atoms with E-state index >= 15 is 0 Å². The molecule has 0 heterocycles. The van der Waals surface area contributed by atoms with E-state index in [2.05, 4.69) is 17.2 Å². The summed E-state index contributed by atoms with van der Waals surface area (Å²) in [5.74, 6) is 0.983. The zero-order chi connectivity index (χ0) is 13.4. The van der Waals surface area contributed by atoms with Gasteiger partial charge >= 0.3 is 0 Å². The highest BCUT2D eigenvalue weighted by Crippen LogP contribution is 2.12. The minimum atomic E-state index is -0.387. The van der Waals surface area contributed by atoms with Gasteiger partial charge in [0.1, 0.15) is 0 Å². The van der Waals surface area contributed by atoms with E-state index in [1.54, 1.807) is 30.9 Å². The lowest BCUT2D eigenvalue weighted by molar-refractivity contribution is -0.384. The van der Waals surface area contributed by atoms with E-state index in [0.29, 0.717) is 0 Å². The van der Waals surface area contributed by atoms with E-state index < -0.39 is 0 Å². The molecule has 1 rings (SSSR count). The molecule has 1 aromatic carbocycles. The molecule has 7 heteroatoms. The molecule has 1 aromatic rings. The Morgan fingerprint density at radius 2 is 2.05 bits per heavy atom. The number of halogens is 1. The summed E-state index contributed by atoms with van der Waals surface area (Å²) in [7, 11) is 1.76. The largest absolute Gasteiger partial charge is 0.365 e. The molecule has 106 valence electrons. The molecular weight excluding hydrogens is 377 g/mol. The Morgan fingerprint density at radius 1 is 1.42 bits per heavy atom. The van der Waals surface area contributed by atoms with Gasteiger partial charge in [-0.3, -0.25) is 15.1 Å². The molecule has 0 saturated carbocycles. The number of nitro benzene ring substituents is 1. The number of benzene rings is 1. The number of hydrogen-bond donors (Lipinski definition) is 1. The second-order valence-corrected chi connectivity index (χ2v) is 4.81. The Hall–Kier alpha value is -0.830. The van der Waals surface area contributed by atoms with Crippen molar-refractivity contribution < 1.29 is 4.92 Å². The zero-order valence-corrected chi connectivity index (χ0v) is 14.1. The molecule has 0 aliphatic rings. The van der Waals surface area contributed by atoms with Gasteiger partial charge in [-0.25, -0.2) is 0 Å². The van der Waals surface area contributed by atoms with Gasteiger partial charge in [-0.1, -0.05) is 30.8 Å². The fourth-order valence-electron chi connectivity index (χ4n) is 1.43. The lowest BCUT2D eigenvalue weighted by Gasteiger charge is -2.07. The van der Waals surface area contributed by atoms with E-state index in [4.69, 9.17) is 0 Å². The summed E-state index contributed by atoms with van der Waals surface area (Å²) < 4.78 is 0. The van der Waals surface area contributed by atoms with Crippen molar-refractivity contribution in [3.63, 3.8) is 0 Å². The van der Waals surface area contributed by atoms with E-state index in [1.807, 2.05) is 0 Å². The van der Waals surface area contributed by atoms with Gasteiger partial charge in [-0.05, 0) is 17.7 Å².